The summed E-state index contributed by atoms with van der Waals surface area (Å²) in [6.45, 7) is 6.51. The van der Waals surface area contributed by atoms with E-state index in [0.717, 1.165) is 12.0 Å². The molecule has 2 amide bonds. The van der Waals surface area contributed by atoms with Crippen LogP contribution < -0.4 is 5.32 Å². The molecule has 1 unspecified atom stereocenters. The standard InChI is InChI=1S/C17H25FN2O2/c1-4-7-16(21)20(15(5-2)17(22)19-6-3)12-13-8-10-14(18)11-9-13/h8-11,15H,4-7,12H2,1-3H3,(H,19,22). The Morgan fingerprint density at radius 2 is 1.82 bits per heavy atom. The van der Waals surface area contributed by atoms with Crippen LogP contribution in [0.5, 0.6) is 0 Å². The van der Waals surface area contributed by atoms with Crippen LogP contribution in [0.3, 0.4) is 0 Å². The smallest absolute Gasteiger partial charge is 0.242 e. The van der Waals surface area contributed by atoms with Crippen molar-refractivity contribution in [1.29, 1.82) is 0 Å². The number of nitrogens with one attached hydrogen (secondary N) is 1. The van der Waals surface area contributed by atoms with Gasteiger partial charge in [0, 0.05) is 19.5 Å². The van der Waals surface area contributed by atoms with E-state index >= 15 is 0 Å². The Balaban J connectivity index is 2.97. The Kier molecular flexibility index (Phi) is 7.57. The quantitative estimate of drug-likeness (QED) is 0.803. The van der Waals surface area contributed by atoms with Crippen molar-refractivity contribution in [2.24, 2.45) is 0 Å². The van der Waals surface area contributed by atoms with E-state index in [0.29, 0.717) is 25.9 Å². The third kappa shape index (κ3) is 5.13. The zero-order chi connectivity index (χ0) is 16.5. The predicted molar refractivity (Wildman–Crippen MR) is 84.6 cm³/mol. The molecule has 5 heteroatoms. The summed E-state index contributed by atoms with van der Waals surface area (Å²) in [4.78, 5) is 26.2. The van der Waals surface area contributed by atoms with E-state index < -0.39 is 6.04 Å². The topological polar surface area (TPSA) is 49.4 Å². The van der Waals surface area contributed by atoms with E-state index in [4.69, 9.17) is 0 Å². The molecule has 0 spiro atoms. The van der Waals surface area contributed by atoms with Crippen LogP contribution in [-0.2, 0) is 16.1 Å². The highest BCUT2D eigenvalue weighted by Crippen LogP contribution is 2.14. The van der Waals surface area contributed by atoms with Gasteiger partial charge in [-0.2, -0.15) is 0 Å². The summed E-state index contributed by atoms with van der Waals surface area (Å²) in [5, 5.41) is 2.78. The Hall–Kier alpha value is -1.91. The van der Waals surface area contributed by atoms with Crippen LogP contribution in [0.2, 0.25) is 0 Å². The average molecular weight is 308 g/mol. The van der Waals surface area contributed by atoms with Gasteiger partial charge in [0.25, 0.3) is 0 Å². The fourth-order valence-corrected chi connectivity index (χ4v) is 2.36. The van der Waals surface area contributed by atoms with Crippen LogP contribution in [0.1, 0.15) is 45.6 Å². The summed E-state index contributed by atoms with van der Waals surface area (Å²) >= 11 is 0. The first kappa shape index (κ1) is 18.1. The van der Waals surface area contributed by atoms with Crippen molar-refractivity contribution in [3.8, 4) is 0 Å². The molecule has 0 aromatic heterocycles. The van der Waals surface area contributed by atoms with Crippen LogP contribution >= 0.6 is 0 Å². The van der Waals surface area contributed by atoms with Gasteiger partial charge in [-0.1, -0.05) is 26.0 Å². The van der Waals surface area contributed by atoms with Gasteiger partial charge < -0.3 is 10.2 Å². The summed E-state index contributed by atoms with van der Waals surface area (Å²) < 4.78 is 13.0. The molecule has 0 aliphatic rings. The average Bonchev–Trinajstić information content (AvgIpc) is 2.49. The monoisotopic (exact) mass is 308 g/mol. The van der Waals surface area contributed by atoms with Crippen LogP contribution in [-0.4, -0.2) is 29.3 Å². The predicted octanol–water partition coefficient (Wildman–Crippen LogP) is 2.87. The molecule has 1 N–H and O–H groups in total. The molecule has 0 bridgehead atoms. The molecule has 0 radical (unpaired) electrons. The molecule has 22 heavy (non-hydrogen) atoms. The van der Waals surface area contributed by atoms with E-state index in [-0.39, 0.29) is 17.6 Å². The third-order valence-corrected chi connectivity index (χ3v) is 3.47. The fourth-order valence-electron chi connectivity index (χ4n) is 2.36. The van der Waals surface area contributed by atoms with Crippen LogP contribution in [0.25, 0.3) is 0 Å². The van der Waals surface area contributed by atoms with E-state index in [2.05, 4.69) is 5.32 Å². The molecule has 0 saturated heterocycles. The van der Waals surface area contributed by atoms with Gasteiger partial charge in [0.15, 0.2) is 0 Å². The Labute approximate surface area is 131 Å². The SMILES string of the molecule is CCCC(=O)N(Cc1ccc(F)cc1)C(CC)C(=O)NCC. The summed E-state index contributed by atoms with van der Waals surface area (Å²) in [5.74, 6) is -0.507. The molecule has 0 heterocycles. The van der Waals surface area contributed by atoms with E-state index in [1.54, 1.807) is 17.0 Å². The summed E-state index contributed by atoms with van der Waals surface area (Å²) in [5.41, 5.74) is 0.814. The molecular formula is C17H25FN2O2. The van der Waals surface area contributed by atoms with Crippen LogP contribution in [0.15, 0.2) is 24.3 Å². The van der Waals surface area contributed by atoms with E-state index in [9.17, 15) is 14.0 Å². The lowest BCUT2D eigenvalue weighted by atomic mass is 10.1. The van der Waals surface area contributed by atoms with Gasteiger partial charge in [-0.25, -0.2) is 4.39 Å². The first-order valence-corrected chi connectivity index (χ1v) is 7.85. The van der Waals surface area contributed by atoms with E-state index in [1.165, 1.54) is 12.1 Å². The minimum absolute atomic E-state index is 0.0510. The van der Waals surface area contributed by atoms with Gasteiger partial charge in [0.2, 0.25) is 11.8 Å². The van der Waals surface area contributed by atoms with Crippen molar-refractivity contribution in [2.45, 2.75) is 52.6 Å². The van der Waals surface area contributed by atoms with Crippen molar-refractivity contribution in [2.75, 3.05) is 6.54 Å². The van der Waals surface area contributed by atoms with Gasteiger partial charge in [0.1, 0.15) is 11.9 Å². The minimum atomic E-state index is -0.496. The molecule has 0 fully saturated rings. The number of carbonyl (C=O) groups excluding carboxylic acids is 2. The maximum Gasteiger partial charge on any atom is 0.242 e. The van der Waals surface area contributed by atoms with Crippen molar-refractivity contribution >= 4 is 11.8 Å². The fraction of sp³-hybridized carbons (Fsp3) is 0.529. The zero-order valence-corrected chi connectivity index (χ0v) is 13.6. The highest BCUT2D eigenvalue weighted by molar-refractivity contribution is 5.87. The number of hydrogen-bond donors (Lipinski definition) is 1. The minimum Gasteiger partial charge on any atom is -0.355 e. The summed E-state index contributed by atoms with van der Waals surface area (Å²) in [6, 6.07) is 5.53. The molecule has 1 aromatic carbocycles. The zero-order valence-electron chi connectivity index (χ0n) is 13.6. The maximum atomic E-state index is 13.0. The lowest BCUT2D eigenvalue weighted by Crippen LogP contribution is -2.48. The largest absolute Gasteiger partial charge is 0.355 e. The highest BCUT2D eigenvalue weighted by Gasteiger charge is 2.27. The van der Waals surface area contributed by atoms with Crippen LogP contribution in [0.4, 0.5) is 4.39 Å². The number of benzene rings is 1. The Morgan fingerprint density at radius 1 is 1.18 bits per heavy atom. The summed E-state index contributed by atoms with van der Waals surface area (Å²) in [6.07, 6.45) is 1.67. The van der Waals surface area contributed by atoms with Gasteiger partial charge >= 0.3 is 0 Å². The van der Waals surface area contributed by atoms with Crippen LogP contribution in [0, 0.1) is 5.82 Å². The number of carbonyl (C=O) groups is 2. The van der Waals surface area contributed by atoms with Gasteiger partial charge in [-0.05, 0) is 37.5 Å². The molecule has 0 aliphatic carbocycles. The molecule has 1 rings (SSSR count). The van der Waals surface area contributed by atoms with Crippen molar-refractivity contribution < 1.29 is 14.0 Å². The molecule has 1 atom stereocenters. The van der Waals surface area contributed by atoms with Gasteiger partial charge in [-0.15, -0.1) is 0 Å². The second-order valence-corrected chi connectivity index (χ2v) is 5.22. The van der Waals surface area contributed by atoms with Crippen molar-refractivity contribution in [3.05, 3.63) is 35.6 Å². The molecular weight excluding hydrogens is 283 g/mol. The first-order chi connectivity index (χ1) is 10.5. The molecule has 122 valence electrons. The number of rotatable bonds is 8. The Bertz CT molecular complexity index is 488. The van der Waals surface area contributed by atoms with E-state index in [1.807, 2.05) is 20.8 Å². The lowest BCUT2D eigenvalue weighted by molar-refractivity contribution is -0.141. The maximum absolute atomic E-state index is 13.0. The normalized spacial score (nSPS) is 11.8. The highest BCUT2D eigenvalue weighted by atomic mass is 19.1. The number of hydrogen-bond acceptors (Lipinski definition) is 2. The third-order valence-electron chi connectivity index (χ3n) is 3.47. The van der Waals surface area contributed by atoms with Crippen molar-refractivity contribution in [1.82, 2.24) is 10.2 Å². The number of likely N-dealkylation sites (N-methyl/N-ethyl adjacent to an activating group) is 1. The lowest BCUT2D eigenvalue weighted by Gasteiger charge is -2.30. The number of amides is 2. The second kappa shape index (κ2) is 9.18. The Morgan fingerprint density at radius 3 is 2.32 bits per heavy atom. The van der Waals surface area contributed by atoms with Crippen molar-refractivity contribution in [3.63, 3.8) is 0 Å². The number of nitrogens with zero attached hydrogens (tertiary/aromatic N) is 1. The number of halogens is 1. The van der Waals surface area contributed by atoms with Gasteiger partial charge in [-0.3, -0.25) is 9.59 Å². The summed E-state index contributed by atoms with van der Waals surface area (Å²) in [7, 11) is 0. The second-order valence-electron chi connectivity index (χ2n) is 5.22. The van der Waals surface area contributed by atoms with Gasteiger partial charge in [0.05, 0.1) is 0 Å². The first-order valence-electron chi connectivity index (χ1n) is 7.85. The molecule has 1 aromatic rings. The molecule has 0 saturated carbocycles. The molecule has 0 aliphatic heterocycles. The molecule has 4 nitrogen and oxygen atoms in total.